The molecule has 0 aliphatic rings. The van der Waals surface area contributed by atoms with Gasteiger partial charge in [0.25, 0.3) is 10.0 Å². The van der Waals surface area contributed by atoms with Crippen molar-refractivity contribution >= 4 is 49.8 Å². The Kier molecular flexibility index (Phi) is 8.19. The van der Waals surface area contributed by atoms with E-state index in [0.29, 0.717) is 40.9 Å². The number of fused-ring (bicyclic) bond motifs is 1. The number of amides is 3. The Morgan fingerprint density at radius 3 is 2.06 bits per heavy atom. The number of benzene rings is 3. The summed E-state index contributed by atoms with van der Waals surface area (Å²) in [6, 6.07) is 15.8. The second kappa shape index (κ2) is 10.9. The van der Waals surface area contributed by atoms with E-state index in [0.717, 1.165) is 0 Å². The molecule has 0 saturated carbocycles. The average molecular weight is 515 g/mol. The molecular weight excluding hydrogens is 483 g/mol. The maximum atomic E-state index is 13.3. The summed E-state index contributed by atoms with van der Waals surface area (Å²) in [6.07, 6.45) is 0. The number of carbonyl (C=O) groups excluding carboxylic acids is 2. The number of carbonyl (C=O) groups is 2. The Morgan fingerprint density at radius 1 is 0.861 bits per heavy atom. The molecule has 36 heavy (non-hydrogen) atoms. The minimum Gasteiger partial charge on any atom is -0.326 e. The van der Waals surface area contributed by atoms with Crippen LogP contribution < -0.4 is 15.4 Å². The lowest BCUT2D eigenvalue weighted by Gasteiger charge is -2.20. The van der Waals surface area contributed by atoms with Crippen LogP contribution in [0.3, 0.4) is 0 Å². The van der Waals surface area contributed by atoms with Gasteiger partial charge in [-0.3, -0.25) is 9.52 Å². The molecule has 0 bridgehead atoms. The van der Waals surface area contributed by atoms with Crippen LogP contribution in [-0.2, 0) is 14.8 Å². The van der Waals surface area contributed by atoms with E-state index in [1.165, 1.54) is 44.2 Å². The van der Waals surface area contributed by atoms with Crippen molar-refractivity contribution in [2.24, 2.45) is 5.41 Å². The molecule has 0 heterocycles. The van der Waals surface area contributed by atoms with E-state index in [4.69, 9.17) is 0 Å². The van der Waals surface area contributed by atoms with Crippen molar-refractivity contribution in [3.63, 3.8) is 0 Å². The average Bonchev–Trinajstić information content (AvgIpc) is 2.85. The predicted octanol–water partition coefficient (Wildman–Crippen LogP) is 5.45. The lowest BCUT2D eigenvalue weighted by Crippen LogP contribution is -2.34. The number of nitrogens with zero attached hydrogens (tertiary/aromatic N) is 1. The van der Waals surface area contributed by atoms with Gasteiger partial charge in [0, 0.05) is 35.2 Å². The van der Waals surface area contributed by atoms with Crippen molar-refractivity contribution in [2.45, 2.75) is 32.6 Å². The van der Waals surface area contributed by atoms with Crippen LogP contribution in [-0.4, -0.2) is 45.0 Å². The highest BCUT2D eigenvalue weighted by Gasteiger charge is 2.27. The molecule has 3 rings (SSSR count). The van der Waals surface area contributed by atoms with Crippen LogP contribution in [0.2, 0.25) is 0 Å². The quantitative estimate of drug-likeness (QED) is 0.353. The normalized spacial score (nSPS) is 11.7. The Hall–Kier alpha value is -3.66. The van der Waals surface area contributed by atoms with Crippen LogP contribution in [0.25, 0.3) is 10.8 Å². The second-order valence-electron chi connectivity index (χ2n) is 8.91. The van der Waals surface area contributed by atoms with Crippen LogP contribution in [0.1, 0.15) is 27.7 Å². The standard InChI is InChI=1S/C26H31FN4O4S/c1-5-31(6-2)25(33)29-22-11-7-10-21-20(22)9-8-12-23(21)36(34,35)30-19-15-13-18(14-16-19)28-24(32)26(3,4)17-27/h7-16,30H,5-6,17H2,1-4H3,(H,28,32)(H,29,33). The Balaban J connectivity index is 1.85. The first-order valence-corrected chi connectivity index (χ1v) is 13.1. The molecular formula is C26H31FN4O4S. The van der Waals surface area contributed by atoms with E-state index in [-0.39, 0.29) is 10.9 Å². The number of alkyl halides is 1. The van der Waals surface area contributed by atoms with E-state index in [1.54, 1.807) is 35.2 Å². The third-order valence-electron chi connectivity index (χ3n) is 5.81. The van der Waals surface area contributed by atoms with Crippen LogP contribution in [0.5, 0.6) is 0 Å². The number of rotatable bonds is 9. The summed E-state index contributed by atoms with van der Waals surface area (Å²) in [5.41, 5.74) is 0.0555. The molecule has 0 aromatic heterocycles. The number of anilines is 3. The summed E-state index contributed by atoms with van der Waals surface area (Å²) in [5.74, 6) is -0.474. The highest BCUT2D eigenvalue weighted by Crippen LogP contribution is 2.30. The maximum absolute atomic E-state index is 13.3. The minimum atomic E-state index is -3.98. The zero-order chi connectivity index (χ0) is 26.5. The first-order chi connectivity index (χ1) is 17.0. The maximum Gasteiger partial charge on any atom is 0.321 e. The molecule has 3 amide bonds. The van der Waals surface area contributed by atoms with E-state index in [9.17, 15) is 22.4 Å². The molecule has 0 spiro atoms. The van der Waals surface area contributed by atoms with Crippen molar-refractivity contribution in [3.8, 4) is 0 Å². The topological polar surface area (TPSA) is 108 Å². The summed E-state index contributed by atoms with van der Waals surface area (Å²) >= 11 is 0. The van der Waals surface area contributed by atoms with Crippen molar-refractivity contribution in [2.75, 3.05) is 35.1 Å². The van der Waals surface area contributed by atoms with Crippen LogP contribution >= 0.6 is 0 Å². The van der Waals surface area contributed by atoms with E-state index < -0.39 is 28.0 Å². The summed E-state index contributed by atoms with van der Waals surface area (Å²) in [4.78, 5) is 26.4. The molecule has 0 aliphatic heterocycles. The summed E-state index contributed by atoms with van der Waals surface area (Å²) < 4.78 is 42.1. The molecule has 0 radical (unpaired) electrons. The fraction of sp³-hybridized carbons (Fsp3) is 0.308. The van der Waals surface area contributed by atoms with Crippen LogP contribution in [0, 0.1) is 5.41 Å². The molecule has 3 aromatic carbocycles. The molecule has 3 N–H and O–H groups in total. The van der Waals surface area contributed by atoms with Gasteiger partial charge in [-0.25, -0.2) is 17.6 Å². The molecule has 0 aliphatic carbocycles. The van der Waals surface area contributed by atoms with Crippen molar-refractivity contribution in [1.29, 1.82) is 0 Å². The largest absolute Gasteiger partial charge is 0.326 e. The zero-order valence-corrected chi connectivity index (χ0v) is 21.6. The molecule has 8 nitrogen and oxygen atoms in total. The lowest BCUT2D eigenvalue weighted by molar-refractivity contribution is -0.124. The Bertz CT molecular complexity index is 1350. The molecule has 0 unspecified atom stereocenters. The highest BCUT2D eigenvalue weighted by molar-refractivity contribution is 7.93. The Morgan fingerprint density at radius 2 is 1.44 bits per heavy atom. The molecule has 3 aromatic rings. The molecule has 0 fully saturated rings. The van der Waals surface area contributed by atoms with Crippen molar-refractivity contribution in [3.05, 3.63) is 60.7 Å². The fourth-order valence-corrected chi connectivity index (χ4v) is 4.80. The lowest BCUT2D eigenvalue weighted by atomic mass is 9.94. The monoisotopic (exact) mass is 514 g/mol. The number of halogens is 1. The molecule has 10 heteroatoms. The van der Waals surface area contributed by atoms with E-state index in [2.05, 4.69) is 15.4 Å². The number of urea groups is 1. The summed E-state index contributed by atoms with van der Waals surface area (Å²) in [6.45, 7) is 7.05. The highest BCUT2D eigenvalue weighted by atomic mass is 32.2. The van der Waals surface area contributed by atoms with Gasteiger partial charge >= 0.3 is 6.03 Å². The number of hydrogen-bond acceptors (Lipinski definition) is 4. The summed E-state index contributed by atoms with van der Waals surface area (Å²) in [7, 11) is -3.98. The first-order valence-electron chi connectivity index (χ1n) is 11.6. The van der Waals surface area contributed by atoms with Gasteiger partial charge in [0.2, 0.25) is 5.91 Å². The zero-order valence-electron chi connectivity index (χ0n) is 20.8. The number of sulfonamides is 1. The van der Waals surface area contributed by atoms with Gasteiger partial charge in [0.1, 0.15) is 6.67 Å². The van der Waals surface area contributed by atoms with Gasteiger partial charge < -0.3 is 15.5 Å². The second-order valence-corrected chi connectivity index (χ2v) is 10.6. The van der Waals surface area contributed by atoms with Crippen molar-refractivity contribution in [1.82, 2.24) is 4.90 Å². The Labute approximate surface area is 210 Å². The number of hydrogen-bond donors (Lipinski definition) is 3. The van der Waals surface area contributed by atoms with E-state index >= 15 is 0 Å². The van der Waals surface area contributed by atoms with Crippen LogP contribution in [0.4, 0.5) is 26.2 Å². The molecule has 0 saturated heterocycles. The smallest absolute Gasteiger partial charge is 0.321 e. The number of nitrogens with one attached hydrogen (secondary N) is 3. The summed E-state index contributed by atoms with van der Waals surface area (Å²) in [5, 5.41) is 6.54. The SMILES string of the molecule is CCN(CC)C(=O)Nc1cccc2c(S(=O)(=O)Nc3ccc(NC(=O)C(C)(C)CF)cc3)cccc12. The third-order valence-corrected chi connectivity index (χ3v) is 7.25. The predicted molar refractivity (Wildman–Crippen MR) is 142 cm³/mol. The molecule has 0 atom stereocenters. The van der Waals surface area contributed by atoms with Gasteiger partial charge in [0.05, 0.1) is 16.0 Å². The third kappa shape index (κ3) is 5.93. The van der Waals surface area contributed by atoms with Gasteiger partial charge in [-0.15, -0.1) is 0 Å². The van der Waals surface area contributed by atoms with Gasteiger partial charge in [-0.05, 0) is 64.1 Å². The van der Waals surface area contributed by atoms with Gasteiger partial charge in [0.15, 0.2) is 0 Å². The first kappa shape index (κ1) is 26.9. The molecule has 192 valence electrons. The van der Waals surface area contributed by atoms with Crippen LogP contribution in [0.15, 0.2) is 65.6 Å². The fourth-order valence-electron chi connectivity index (χ4n) is 3.52. The minimum absolute atomic E-state index is 0.0565. The van der Waals surface area contributed by atoms with Gasteiger partial charge in [-0.1, -0.05) is 24.3 Å². The van der Waals surface area contributed by atoms with Gasteiger partial charge in [-0.2, -0.15) is 0 Å². The van der Waals surface area contributed by atoms with Crippen molar-refractivity contribution < 1.29 is 22.4 Å². The van der Waals surface area contributed by atoms with E-state index in [1.807, 2.05) is 13.8 Å².